The smallest absolute Gasteiger partial charge is 0.141 e. The first-order chi connectivity index (χ1) is 8.25. The molecule has 0 radical (unpaired) electrons. The highest BCUT2D eigenvalue weighted by atomic mass is 35.5. The van der Waals surface area contributed by atoms with Gasteiger partial charge >= 0.3 is 0 Å². The molecule has 0 bridgehead atoms. The van der Waals surface area contributed by atoms with Crippen LogP contribution in [0.1, 0.15) is 0 Å². The number of H-pyrrole nitrogens is 1. The molecular formula is C13H9ClN2O. The van der Waals surface area contributed by atoms with Crippen LogP contribution in [-0.2, 0) is 0 Å². The molecule has 3 aromatic rings. The zero-order chi connectivity index (χ0) is 11.8. The Morgan fingerprint density at radius 3 is 2.76 bits per heavy atom. The minimum absolute atomic E-state index is 0.197. The fourth-order valence-corrected chi connectivity index (χ4v) is 2.07. The second kappa shape index (κ2) is 3.79. The van der Waals surface area contributed by atoms with E-state index >= 15 is 0 Å². The highest BCUT2D eigenvalue weighted by Gasteiger charge is 2.10. The molecule has 0 saturated heterocycles. The second-order valence-corrected chi connectivity index (χ2v) is 4.22. The molecule has 2 aromatic carbocycles. The summed E-state index contributed by atoms with van der Waals surface area (Å²) in [5, 5.41) is 18.3. The molecule has 0 aliphatic carbocycles. The maximum absolute atomic E-state index is 9.69. The van der Waals surface area contributed by atoms with Gasteiger partial charge in [0, 0.05) is 16.0 Å². The van der Waals surface area contributed by atoms with Gasteiger partial charge in [-0.05, 0) is 18.2 Å². The van der Waals surface area contributed by atoms with Gasteiger partial charge < -0.3 is 5.11 Å². The SMILES string of the molecule is Oc1cccc2c(-c3cccc(Cl)c3)n[nH]c12. The lowest BCUT2D eigenvalue weighted by Crippen LogP contribution is -1.78. The van der Waals surface area contributed by atoms with Crippen molar-refractivity contribution in [3.05, 3.63) is 47.5 Å². The number of hydrogen-bond donors (Lipinski definition) is 2. The molecular weight excluding hydrogens is 236 g/mol. The molecule has 0 amide bonds. The van der Waals surface area contributed by atoms with Gasteiger partial charge in [0.25, 0.3) is 0 Å². The summed E-state index contributed by atoms with van der Waals surface area (Å²) in [6.45, 7) is 0. The van der Waals surface area contributed by atoms with Gasteiger partial charge in [0.05, 0.1) is 0 Å². The number of aromatic nitrogens is 2. The van der Waals surface area contributed by atoms with Crippen LogP contribution < -0.4 is 0 Å². The number of aromatic amines is 1. The van der Waals surface area contributed by atoms with Crippen LogP contribution in [0.25, 0.3) is 22.2 Å². The lowest BCUT2D eigenvalue weighted by molar-refractivity contribution is 0.480. The number of phenols is 1. The predicted molar refractivity (Wildman–Crippen MR) is 68.2 cm³/mol. The van der Waals surface area contributed by atoms with Crippen molar-refractivity contribution in [1.29, 1.82) is 0 Å². The van der Waals surface area contributed by atoms with Gasteiger partial charge in [-0.15, -0.1) is 0 Å². The average molecular weight is 245 g/mol. The topological polar surface area (TPSA) is 48.9 Å². The van der Waals surface area contributed by atoms with Gasteiger partial charge in [0.2, 0.25) is 0 Å². The average Bonchev–Trinajstić information content (AvgIpc) is 2.74. The standard InChI is InChI=1S/C13H9ClN2O/c14-9-4-1-3-8(7-9)12-10-5-2-6-11(17)13(10)16-15-12/h1-7,17H,(H,15,16). The Morgan fingerprint density at radius 2 is 1.94 bits per heavy atom. The molecule has 1 aromatic heterocycles. The van der Waals surface area contributed by atoms with E-state index in [2.05, 4.69) is 10.2 Å². The van der Waals surface area contributed by atoms with Gasteiger partial charge in [-0.2, -0.15) is 5.10 Å². The Morgan fingerprint density at radius 1 is 1.12 bits per heavy atom. The van der Waals surface area contributed by atoms with Crippen LogP contribution in [0.15, 0.2) is 42.5 Å². The number of nitrogens with zero attached hydrogens (tertiary/aromatic N) is 1. The minimum Gasteiger partial charge on any atom is -0.506 e. The molecule has 3 rings (SSSR count). The van der Waals surface area contributed by atoms with Crippen molar-refractivity contribution in [2.45, 2.75) is 0 Å². The Labute approximate surface area is 103 Å². The monoisotopic (exact) mass is 244 g/mol. The van der Waals surface area contributed by atoms with E-state index in [-0.39, 0.29) is 5.75 Å². The molecule has 84 valence electrons. The molecule has 0 unspecified atom stereocenters. The Bertz CT molecular complexity index is 691. The Hall–Kier alpha value is -2.00. The van der Waals surface area contributed by atoms with E-state index in [9.17, 15) is 5.11 Å². The second-order valence-electron chi connectivity index (χ2n) is 3.78. The third kappa shape index (κ3) is 1.65. The highest BCUT2D eigenvalue weighted by Crippen LogP contribution is 2.31. The van der Waals surface area contributed by atoms with E-state index < -0.39 is 0 Å². The first-order valence-corrected chi connectivity index (χ1v) is 5.55. The summed E-state index contributed by atoms with van der Waals surface area (Å²) in [6.07, 6.45) is 0. The third-order valence-electron chi connectivity index (χ3n) is 2.68. The number of aromatic hydroxyl groups is 1. The number of hydrogen-bond acceptors (Lipinski definition) is 2. The van der Waals surface area contributed by atoms with Crippen LogP contribution >= 0.6 is 11.6 Å². The molecule has 0 atom stereocenters. The molecule has 1 heterocycles. The summed E-state index contributed by atoms with van der Waals surface area (Å²) in [4.78, 5) is 0. The molecule has 0 spiro atoms. The van der Waals surface area contributed by atoms with Crippen molar-refractivity contribution in [1.82, 2.24) is 10.2 Å². The molecule has 0 saturated carbocycles. The van der Waals surface area contributed by atoms with Crippen LogP contribution in [-0.4, -0.2) is 15.3 Å². The quantitative estimate of drug-likeness (QED) is 0.687. The van der Waals surface area contributed by atoms with Crippen LogP contribution in [0, 0.1) is 0 Å². The number of fused-ring (bicyclic) bond motifs is 1. The van der Waals surface area contributed by atoms with Crippen molar-refractivity contribution >= 4 is 22.5 Å². The van der Waals surface area contributed by atoms with Crippen LogP contribution in [0.3, 0.4) is 0 Å². The number of halogens is 1. The Balaban J connectivity index is 2.28. The van der Waals surface area contributed by atoms with E-state index in [0.29, 0.717) is 10.5 Å². The minimum atomic E-state index is 0.197. The largest absolute Gasteiger partial charge is 0.506 e. The van der Waals surface area contributed by atoms with Crippen LogP contribution in [0.4, 0.5) is 0 Å². The van der Waals surface area contributed by atoms with E-state index in [4.69, 9.17) is 11.6 Å². The van der Waals surface area contributed by atoms with Crippen molar-refractivity contribution < 1.29 is 5.11 Å². The van der Waals surface area contributed by atoms with E-state index in [1.54, 1.807) is 12.1 Å². The first kappa shape index (κ1) is 10.2. The van der Waals surface area contributed by atoms with Gasteiger partial charge in [-0.1, -0.05) is 35.9 Å². The van der Waals surface area contributed by atoms with E-state index in [1.807, 2.05) is 30.3 Å². The summed E-state index contributed by atoms with van der Waals surface area (Å²) in [5.41, 5.74) is 2.36. The lowest BCUT2D eigenvalue weighted by Gasteiger charge is -1.98. The van der Waals surface area contributed by atoms with Gasteiger partial charge in [-0.25, -0.2) is 0 Å². The normalized spacial score (nSPS) is 10.9. The van der Waals surface area contributed by atoms with Gasteiger partial charge in [0.15, 0.2) is 0 Å². The number of nitrogens with one attached hydrogen (secondary N) is 1. The zero-order valence-corrected chi connectivity index (χ0v) is 9.57. The molecule has 3 nitrogen and oxygen atoms in total. The maximum atomic E-state index is 9.69. The number of rotatable bonds is 1. The molecule has 0 fully saturated rings. The predicted octanol–water partition coefficient (Wildman–Crippen LogP) is 3.59. The fraction of sp³-hybridized carbons (Fsp3) is 0. The highest BCUT2D eigenvalue weighted by molar-refractivity contribution is 6.30. The first-order valence-electron chi connectivity index (χ1n) is 5.18. The number of para-hydroxylation sites is 1. The molecule has 4 heteroatoms. The van der Waals surface area contributed by atoms with Crippen molar-refractivity contribution in [2.24, 2.45) is 0 Å². The summed E-state index contributed by atoms with van der Waals surface area (Å²) in [5.74, 6) is 0.197. The molecule has 0 aliphatic heterocycles. The maximum Gasteiger partial charge on any atom is 0.141 e. The van der Waals surface area contributed by atoms with Crippen molar-refractivity contribution in [3.63, 3.8) is 0 Å². The summed E-state index contributed by atoms with van der Waals surface area (Å²) in [7, 11) is 0. The third-order valence-corrected chi connectivity index (χ3v) is 2.91. The molecule has 17 heavy (non-hydrogen) atoms. The summed E-state index contributed by atoms with van der Waals surface area (Å²) >= 11 is 5.96. The van der Waals surface area contributed by atoms with Crippen LogP contribution in [0.2, 0.25) is 5.02 Å². The molecule has 0 aliphatic rings. The molecule has 2 N–H and O–H groups in total. The van der Waals surface area contributed by atoms with Crippen molar-refractivity contribution in [3.8, 4) is 17.0 Å². The van der Waals surface area contributed by atoms with Crippen LogP contribution in [0.5, 0.6) is 5.75 Å². The van der Waals surface area contributed by atoms with Gasteiger partial charge in [-0.3, -0.25) is 5.10 Å². The summed E-state index contributed by atoms with van der Waals surface area (Å²) < 4.78 is 0. The zero-order valence-electron chi connectivity index (χ0n) is 8.81. The lowest BCUT2D eigenvalue weighted by atomic mass is 10.1. The Kier molecular flexibility index (Phi) is 2.27. The number of benzene rings is 2. The van der Waals surface area contributed by atoms with E-state index in [1.165, 1.54) is 0 Å². The van der Waals surface area contributed by atoms with Crippen molar-refractivity contribution in [2.75, 3.05) is 0 Å². The van der Waals surface area contributed by atoms with Gasteiger partial charge in [0.1, 0.15) is 17.0 Å². The number of phenolic OH excluding ortho intramolecular Hbond substituents is 1. The van der Waals surface area contributed by atoms with E-state index in [0.717, 1.165) is 16.6 Å². The summed E-state index contributed by atoms with van der Waals surface area (Å²) in [6, 6.07) is 12.8. The fourth-order valence-electron chi connectivity index (χ4n) is 1.88.